The number of aromatic nitrogens is 5. The molecule has 0 radical (unpaired) electrons. The quantitative estimate of drug-likeness (QED) is 0.293. The Morgan fingerprint density at radius 2 is 1.94 bits per heavy atom. The number of hydrogen-bond acceptors (Lipinski definition) is 8. The summed E-state index contributed by atoms with van der Waals surface area (Å²) in [6, 6.07) is 12.3. The average Bonchev–Trinajstić information content (AvgIpc) is 3.58. The van der Waals surface area contributed by atoms with Gasteiger partial charge in [0.2, 0.25) is 5.91 Å². The number of carbonyl (C=O) groups excluding carboxylic acids is 2. The van der Waals surface area contributed by atoms with Crippen LogP contribution in [0, 0.1) is 0 Å². The molecule has 170 valence electrons. The van der Waals surface area contributed by atoms with Gasteiger partial charge in [0.05, 0.1) is 24.3 Å². The first-order valence-electron chi connectivity index (χ1n) is 10.3. The molecule has 10 nitrogen and oxygen atoms in total. The number of esters is 1. The van der Waals surface area contributed by atoms with E-state index in [2.05, 4.69) is 20.6 Å². The number of hydrogen-bond donors (Lipinski definition) is 1. The van der Waals surface area contributed by atoms with E-state index in [1.165, 1.54) is 11.8 Å². The van der Waals surface area contributed by atoms with Crippen LogP contribution in [0.25, 0.3) is 17.3 Å². The number of carbonyl (C=O) groups is 2. The van der Waals surface area contributed by atoms with Crippen molar-refractivity contribution in [1.82, 2.24) is 24.5 Å². The highest BCUT2D eigenvalue weighted by Crippen LogP contribution is 2.24. The molecule has 0 bridgehead atoms. The summed E-state index contributed by atoms with van der Waals surface area (Å²) in [4.78, 5) is 24.2. The van der Waals surface area contributed by atoms with Crippen LogP contribution in [-0.2, 0) is 16.1 Å². The molecule has 0 unspecified atom stereocenters. The summed E-state index contributed by atoms with van der Waals surface area (Å²) >= 11 is 1.30. The van der Waals surface area contributed by atoms with Crippen molar-refractivity contribution in [2.24, 2.45) is 0 Å². The molecule has 0 fully saturated rings. The zero-order valence-electron chi connectivity index (χ0n) is 18.1. The van der Waals surface area contributed by atoms with Gasteiger partial charge >= 0.3 is 5.97 Å². The standard InChI is InChI=1S/C22H22N6O4S/c1-3-27-20(18-6-5-13-32-18)24-25-22(27)33-14-19(29)23-15-7-9-16(10-8-15)28-12-11-17(26-28)21(30)31-4-2/h5-13H,3-4,14H2,1-2H3,(H,23,29). The molecule has 1 aromatic carbocycles. The summed E-state index contributed by atoms with van der Waals surface area (Å²) in [5.74, 6) is 0.813. The monoisotopic (exact) mass is 466 g/mol. The van der Waals surface area contributed by atoms with Crippen molar-refractivity contribution in [3.63, 3.8) is 0 Å². The van der Waals surface area contributed by atoms with E-state index >= 15 is 0 Å². The minimum Gasteiger partial charge on any atom is -0.461 e. The number of anilines is 1. The molecule has 0 aliphatic rings. The van der Waals surface area contributed by atoms with Gasteiger partial charge in [-0.25, -0.2) is 9.48 Å². The van der Waals surface area contributed by atoms with Crippen molar-refractivity contribution in [2.45, 2.75) is 25.5 Å². The third-order valence-corrected chi connectivity index (χ3v) is 5.56. The SMILES string of the molecule is CCOC(=O)c1ccn(-c2ccc(NC(=O)CSc3nnc(-c4ccco4)n3CC)cc2)n1. The lowest BCUT2D eigenvalue weighted by Crippen LogP contribution is -2.14. The first-order chi connectivity index (χ1) is 16.1. The van der Waals surface area contributed by atoms with Crippen molar-refractivity contribution in [3.8, 4) is 17.3 Å². The van der Waals surface area contributed by atoms with Crippen LogP contribution in [-0.4, -0.2) is 48.8 Å². The van der Waals surface area contributed by atoms with E-state index in [9.17, 15) is 9.59 Å². The highest BCUT2D eigenvalue weighted by Gasteiger charge is 2.16. The van der Waals surface area contributed by atoms with E-state index < -0.39 is 5.97 Å². The van der Waals surface area contributed by atoms with Gasteiger partial charge in [0, 0.05) is 18.4 Å². The molecule has 1 N–H and O–H groups in total. The van der Waals surface area contributed by atoms with Crippen LogP contribution in [0.3, 0.4) is 0 Å². The molecule has 3 heterocycles. The maximum Gasteiger partial charge on any atom is 0.358 e. The van der Waals surface area contributed by atoms with Crippen molar-refractivity contribution >= 4 is 29.3 Å². The van der Waals surface area contributed by atoms with Crippen LogP contribution >= 0.6 is 11.8 Å². The molecule has 4 rings (SSSR count). The Labute approximate surface area is 193 Å². The first kappa shape index (κ1) is 22.3. The predicted molar refractivity (Wildman–Crippen MR) is 122 cm³/mol. The third kappa shape index (κ3) is 5.14. The number of ether oxygens (including phenoxy) is 1. The highest BCUT2D eigenvalue weighted by atomic mass is 32.2. The molecular formula is C22H22N6O4S. The predicted octanol–water partition coefficient (Wildman–Crippen LogP) is 3.65. The van der Waals surface area contributed by atoms with Crippen LogP contribution in [0.2, 0.25) is 0 Å². The van der Waals surface area contributed by atoms with Gasteiger partial charge in [0.15, 0.2) is 22.4 Å². The zero-order valence-corrected chi connectivity index (χ0v) is 18.9. The smallest absolute Gasteiger partial charge is 0.358 e. The molecule has 11 heteroatoms. The lowest BCUT2D eigenvalue weighted by atomic mass is 10.3. The third-order valence-electron chi connectivity index (χ3n) is 4.60. The Morgan fingerprint density at radius 1 is 1.12 bits per heavy atom. The number of rotatable bonds is 9. The van der Waals surface area contributed by atoms with Gasteiger partial charge in [-0.1, -0.05) is 11.8 Å². The summed E-state index contributed by atoms with van der Waals surface area (Å²) in [6.45, 7) is 4.67. The molecule has 0 saturated carbocycles. The molecule has 0 spiro atoms. The lowest BCUT2D eigenvalue weighted by molar-refractivity contribution is -0.113. The second kappa shape index (κ2) is 10.2. The Morgan fingerprint density at radius 3 is 2.64 bits per heavy atom. The molecule has 3 aromatic heterocycles. The maximum absolute atomic E-state index is 12.4. The van der Waals surface area contributed by atoms with Crippen LogP contribution in [0.15, 0.2) is 64.5 Å². The largest absolute Gasteiger partial charge is 0.461 e. The van der Waals surface area contributed by atoms with Crippen molar-refractivity contribution in [1.29, 1.82) is 0 Å². The van der Waals surface area contributed by atoms with Crippen LogP contribution in [0.1, 0.15) is 24.3 Å². The van der Waals surface area contributed by atoms with Gasteiger partial charge in [-0.3, -0.25) is 9.36 Å². The maximum atomic E-state index is 12.4. The molecule has 33 heavy (non-hydrogen) atoms. The summed E-state index contributed by atoms with van der Waals surface area (Å²) in [7, 11) is 0. The number of furan rings is 1. The zero-order chi connectivity index (χ0) is 23.2. The first-order valence-corrected chi connectivity index (χ1v) is 11.3. The summed E-state index contributed by atoms with van der Waals surface area (Å²) in [5, 5.41) is 16.1. The average molecular weight is 467 g/mol. The topological polar surface area (TPSA) is 117 Å². The summed E-state index contributed by atoms with van der Waals surface area (Å²) < 4.78 is 13.8. The van der Waals surface area contributed by atoms with Crippen LogP contribution in [0.4, 0.5) is 5.69 Å². The molecular weight excluding hydrogens is 444 g/mol. The lowest BCUT2D eigenvalue weighted by Gasteiger charge is -2.08. The van der Waals surface area contributed by atoms with Gasteiger partial charge in [-0.15, -0.1) is 10.2 Å². The molecule has 0 aliphatic carbocycles. The Kier molecular flexibility index (Phi) is 6.89. The molecule has 4 aromatic rings. The second-order valence-electron chi connectivity index (χ2n) is 6.78. The van der Waals surface area contributed by atoms with Crippen molar-refractivity contribution in [2.75, 3.05) is 17.7 Å². The fourth-order valence-electron chi connectivity index (χ4n) is 3.07. The second-order valence-corrected chi connectivity index (χ2v) is 7.72. The van der Waals surface area contributed by atoms with Crippen LogP contribution < -0.4 is 5.32 Å². The summed E-state index contributed by atoms with van der Waals surface area (Å²) in [6.07, 6.45) is 3.26. The van der Waals surface area contributed by atoms with Crippen LogP contribution in [0.5, 0.6) is 0 Å². The molecule has 1 amide bonds. The van der Waals surface area contributed by atoms with E-state index in [0.717, 1.165) is 5.69 Å². The number of benzene rings is 1. The number of amides is 1. The van der Waals surface area contributed by atoms with Gasteiger partial charge in [0.1, 0.15) is 0 Å². The Hall–Kier alpha value is -3.86. The normalized spacial score (nSPS) is 10.8. The van der Waals surface area contributed by atoms with Gasteiger partial charge < -0.3 is 14.5 Å². The van der Waals surface area contributed by atoms with Gasteiger partial charge in [-0.2, -0.15) is 5.10 Å². The fraction of sp³-hybridized carbons (Fsp3) is 0.227. The van der Waals surface area contributed by atoms with E-state index in [0.29, 0.717) is 35.6 Å². The van der Waals surface area contributed by atoms with E-state index in [1.54, 1.807) is 60.5 Å². The van der Waals surface area contributed by atoms with E-state index in [4.69, 9.17) is 9.15 Å². The molecule has 0 atom stereocenters. The molecule has 0 saturated heterocycles. The van der Waals surface area contributed by atoms with E-state index in [-0.39, 0.29) is 17.4 Å². The number of thioether (sulfide) groups is 1. The fourth-order valence-corrected chi connectivity index (χ4v) is 3.88. The number of nitrogens with one attached hydrogen (secondary N) is 1. The van der Waals surface area contributed by atoms with Crippen molar-refractivity contribution < 1.29 is 18.7 Å². The minimum atomic E-state index is -0.465. The van der Waals surface area contributed by atoms with Gasteiger partial charge in [0.25, 0.3) is 0 Å². The highest BCUT2D eigenvalue weighted by molar-refractivity contribution is 7.99. The number of nitrogens with zero attached hydrogens (tertiary/aromatic N) is 5. The minimum absolute atomic E-state index is 0.165. The molecule has 0 aliphatic heterocycles. The van der Waals surface area contributed by atoms with Gasteiger partial charge in [-0.05, 0) is 56.3 Å². The Balaban J connectivity index is 1.35. The van der Waals surface area contributed by atoms with E-state index in [1.807, 2.05) is 17.6 Å². The Bertz CT molecular complexity index is 1230. The summed E-state index contributed by atoms with van der Waals surface area (Å²) in [5.41, 5.74) is 1.64. The van der Waals surface area contributed by atoms with Crippen molar-refractivity contribution in [3.05, 3.63) is 60.6 Å².